The Morgan fingerprint density at radius 3 is 2.83 bits per heavy atom. The van der Waals surface area contributed by atoms with Crippen molar-refractivity contribution in [3.8, 4) is 0 Å². The topological polar surface area (TPSA) is 6.48 Å². The van der Waals surface area contributed by atoms with E-state index in [-0.39, 0.29) is 0 Å². The van der Waals surface area contributed by atoms with Gasteiger partial charge in [0.2, 0.25) is 0 Å². The van der Waals surface area contributed by atoms with Crippen LogP contribution >= 0.6 is 23.4 Å². The molecule has 1 atom stereocenters. The van der Waals surface area contributed by atoms with Crippen molar-refractivity contribution in [2.75, 3.05) is 25.4 Å². The van der Waals surface area contributed by atoms with Gasteiger partial charge in [-0.25, -0.2) is 0 Å². The van der Waals surface area contributed by atoms with Crippen LogP contribution in [0.2, 0.25) is 0 Å². The minimum absolute atomic E-state index is 0.589. The van der Waals surface area contributed by atoms with Gasteiger partial charge < -0.3 is 9.80 Å². The largest absolute Gasteiger partial charge is 0.333 e. The molecular formula is C14H17ClN2S. The lowest BCUT2D eigenvalue weighted by atomic mass is 9.83. The van der Waals surface area contributed by atoms with E-state index >= 15 is 0 Å². The normalized spacial score (nSPS) is 38.2. The second kappa shape index (κ2) is 4.32. The smallest absolute Gasteiger partial charge is 0.123 e. The molecule has 4 heteroatoms. The molecule has 3 saturated heterocycles. The predicted octanol–water partition coefficient (Wildman–Crippen LogP) is 2.99. The number of piperidine rings is 3. The summed E-state index contributed by atoms with van der Waals surface area (Å²) >= 11 is 8.50. The first-order valence-corrected chi connectivity index (χ1v) is 8.11. The van der Waals surface area contributed by atoms with Crippen molar-refractivity contribution in [1.82, 2.24) is 9.80 Å². The molecule has 2 nitrogen and oxygen atoms in total. The number of fused-ring (bicyclic) bond motifs is 4. The summed E-state index contributed by atoms with van der Waals surface area (Å²) in [7, 11) is 0. The first kappa shape index (κ1) is 11.4. The van der Waals surface area contributed by atoms with E-state index in [1.807, 2.05) is 11.8 Å². The van der Waals surface area contributed by atoms with E-state index in [1.54, 1.807) is 0 Å². The highest BCUT2D eigenvalue weighted by Gasteiger charge is 2.39. The van der Waals surface area contributed by atoms with Crippen molar-refractivity contribution in [1.29, 1.82) is 0 Å². The van der Waals surface area contributed by atoms with E-state index in [0.717, 1.165) is 16.8 Å². The van der Waals surface area contributed by atoms with Crippen LogP contribution in [0, 0.1) is 5.92 Å². The van der Waals surface area contributed by atoms with Gasteiger partial charge in [-0.05, 0) is 43.5 Å². The lowest BCUT2D eigenvalue weighted by Crippen LogP contribution is -2.55. The van der Waals surface area contributed by atoms with E-state index in [4.69, 9.17) is 11.6 Å². The molecule has 2 bridgehead atoms. The fourth-order valence-electron chi connectivity index (χ4n) is 3.56. The number of rotatable bonds is 1. The molecular weight excluding hydrogens is 264 g/mol. The quantitative estimate of drug-likeness (QED) is 0.682. The molecule has 18 heavy (non-hydrogen) atoms. The number of hydrogen-bond acceptors (Lipinski definition) is 3. The van der Waals surface area contributed by atoms with Gasteiger partial charge >= 0.3 is 0 Å². The minimum Gasteiger partial charge on any atom is -0.333 e. The van der Waals surface area contributed by atoms with Gasteiger partial charge in [0, 0.05) is 18.5 Å². The van der Waals surface area contributed by atoms with Crippen LogP contribution in [0.1, 0.15) is 12.8 Å². The zero-order valence-corrected chi connectivity index (χ0v) is 11.9. The van der Waals surface area contributed by atoms with Gasteiger partial charge in [0.15, 0.2) is 0 Å². The second-order valence-electron chi connectivity index (χ2n) is 5.52. The van der Waals surface area contributed by atoms with Crippen LogP contribution in [0.25, 0.3) is 0 Å². The van der Waals surface area contributed by atoms with Crippen LogP contribution in [0.15, 0.2) is 34.0 Å². The summed E-state index contributed by atoms with van der Waals surface area (Å²) in [5.74, 6) is 1.89. The molecule has 0 spiro atoms. The molecule has 0 aromatic rings. The molecule has 5 heterocycles. The van der Waals surface area contributed by atoms with E-state index in [1.165, 1.54) is 43.0 Å². The summed E-state index contributed by atoms with van der Waals surface area (Å²) in [5.41, 5.74) is 1.32. The number of halogens is 1. The minimum atomic E-state index is 0.589. The molecule has 5 rings (SSSR count). The third kappa shape index (κ3) is 1.68. The summed E-state index contributed by atoms with van der Waals surface area (Å²) in [5, 5.41) is 0.963. The Morgan fingerprint density at radius 1 is 1.28 bits per heavy atom. The number of allylic oxidation sites excluding steroid dienone is 2. The maximum atomic E-state index is 6.63. The van der Waals surface area contributed by atoms with Gasteiger partial charge in [0.05, 0.1) is 10.9 Å². The predicted molar refractivity (Wildman–Crippen MR) is 77.4 cm³/mol. The third-order valence-corrected chi connectivity index (χ3v) is 6.15. The highest BCUT2D eigenvalue weighted by atomic mass is 35.5. The fraction of sp³-hybridized carbons (Fsp3) is 0.571. The molecule has 0 aliphatic carbocycles. The Balaban J connectivity index is 1.64. The first-order valence-electron chi connectivity index (χ1n) is 6.75. The molecule has 0 aromatic carbocycles. The molecule has 0 unspecified atom stereocenters. The van der Waals surface area contributed by atoms with Crippen LogP contribution in [-0.2, 0) is 0 Å². The van der Waals surface area contributed by atoms with E-state index in [2.05, 4.69) is 28.2 Å². The molecule has 0 aromatic heterocycles. The maximum Gasteiger partial charge on any atom is 0.123 e. The number of thioether (sulfide) groups is 1. The van der Waals surface area contributed by atoms with Crippen molar-refractivity contribution in [2.45, 2.75) is 18.9 Å². The van der Waals surface area contributed by atoms with Gasteiger partial charge in [-0.2, -0.15) is 0 Å². The van der Waals surface area contributed by atoms with Gasteiger partial charge in [-0.15, -0.1) is 11.8 Å². The van der Waals surface area contributed by atoms with Gasteiger partial charge in [0.25, 0.3) is 0 Å². The average molecular weight is 281 g/mol. The number of nitrogens with zero attached hydrogens (tertiary/aromatic N) is 2. The monoisotopic (exact) mass is 280 g/mol. The zero-order chi connectivity index (χ0) is 12.1. The maximum absolute atomic E-state index is 6.63. The van der Waals surface area contributed by atoms with E-state index in [0.29, 0.717) is 6.04 Å². The Hall–Kier alpha value is -0.380. The summed E-state index contributed by atoms with van der Waals surface area (Å²) in [6.45, 7) is 3.75. The summed E-state index contributed by atoms with van der Waals surface area (Å²) in [6.07, 6.45) is 9.39. The Kier molecular flexibility index (Phi) is 2.75. The Bertz CT molecular complexity index is 460. The van der Waals surface area contributed by atoms with Gasteiger partial charge in [0.1, 0.15) is 5.16 Å². The molecule has 96 valence electrons. The standard InChI is InChI=1S/C14H17ClN2S/c15-14-13-11(4-8-18-13)3-7-17(14)12-9-16-5-1-10(12)2-6-16/h3-4,7,10,12H,1-2,5-6,8-9H2/t12-/m0/s1. The average Bonchev–Trinajstić information content (AvgIpc) is 2.90. The van der Waals surface area contributed by atoms with Crippen molar-refractivity contribution in [3.05, 3.63) is 34.0 Å². The molecule has 0 N–H and O–H groups in total. The van der Waals surface area contributed by atoms with Crippen LogP contribution in [-0.4, -0.2) is 41.2 Å². The molecule has 5 aliphatic heterocycles. The Morgan fingerprint density at radius 2 is 2.11 bits per heavy atom. The molecule has 0 radical (unpaired) electrons. The van der Waals surface area contributed by atoms with Crippen molar-refractivity contribution < 1.29 is 0 Å². The molecule has 0 saturated carbocycles. The second-order valence-corrected chi connectivity index (χ2v) is 6.91. The molecule has 5 aliphatic rings. The molecule has 0 amide bonds. The first-order chi connectivity index (χ1) is 8.83. The zero-order valence-electron chi connectivity index (χ0n) is 10.3. The summed E-state index contributed by atoms with van der Waals surface area (Å²) < 4.78 is 0. The Labute approximate surface area is 117 Å². The van der Waals surface area contributed by atoms with Gasteiger partial charge in [-0.3, -0.25) is 0 Å². The van der Waals surface area contributed by atoms with Crippen LogP contribution in [0.5, 0.6) is 0 Å². The highest BCUT2D eigenvalue weighted by molar-refractivity contribution is 8.03. The van der Waals surface area contributed by atoms with Crippen molar-refractivity contribution >= 4 is 23.4 Å². The molecule has 3 fully saturated rings. The van der Waals surface area contributed by atoms with E-state index in [9.17, 15) is 0 Å². The van der Waals surface area contributed by atoms with Crippen molar-refractivity contribution in [3.63, 3.8) is 0 Å². The lowest BCUT2D eigenvalue weighted by Gasteiger charge is -2.49. The van der Waals surface area contributed by atoms with Crippen LogP contribution in [0.3, 0.4) is 0 Å². The fourth-order valence-corrected chi connectivity index (χ4v) is 4.99. The lowest BCUT2D eigenvalue weighted by molar-refractivity contribution is 0.0397. The summed E-state index contributed by atoms with van der Waals surface area (Å²) in [4.78, 5) is 6.21. The third-order valence-electron chi connectivity index (χ3n) is 4.60. The highest BCUT2D eigenvalue weighted by Crippen LogP contribution is 2.43. The van der Waals surface area contributed by atoms with Crippen molar-refractivity contribution in [2.24, 2.45) is 5.92 Å². The van der Waals surface area contributed by atoms with Crippen LogP contribution < -0.4 is 0 Å². The SMILES string of the molecule is ClC1=C2SCC=C2C=CN1[C@H]1CN2CCC1CC2. The number of hydrogen-bond donors (Lipinski definition) is 0. The van der Waals surface area contributed by atoms with Gasteiger partial charge in [-0.1, -0.05) is 17.7 Å². The summed E-state index contributed by atoms with van der Waals surface area (Å²) in [6, 6.07) is 0.589. The van der Waals surface area contributed by atoms with E-state index < -0.39 is 0 Å². The van der Waals surface area contributed by atoms with Crippen LogP contribution in [0.4, 0.5) is 0 Å².